The van der Waals surface area contributed by atoms with Crippen LogP contribution in [0.25, 0.3) is 10.9 Å². The number of ether oxygens (including phenoxy) is 1. The zero-order valence-corrected chi connectivity index (χ0v) is 17.9. The Labute approximate surface area is 184 Å². The first kappa shape index (κ1) is 20.3. The monoisotopic (exact) mass is 439 g/mol. The first-order valence-corrected chi connectivity index (χ1v) is 10.0. The van der Waals surface area contributed by atoms with Crippen molar-refractivity contribution in [3.8, 4) is 11.5 Å². The number of aromatic hydroxyl groups is 1. The quantitative estimate of drug-likeness (QED) is 0.389. The van der Waals surface area contributed by atoms with Crippen LogP contribution in [-0.4, -0.2) is 22.2 Å². The van der Waals surface area contributed by atoms with E-state index >= 15 is 0 Å². The number of anilines is 1. The molecule has 0 radical (unpaired) electrons. The number of rotatable bonds is 5. The standard InChI is InChI=1S/C23H19Cl2N3O2/c1-13-5-6-15(10-19(13)30-2)21(28-20-11-17(24)18(25)12-27-20)16-8-7-14-4-3-9-26-22(14)23(16)29/h3-12,21,29H,1-2H3,(H,27,28). The van der Waals surface area contributed by atoms with Gasteiger partial charge in [0.05, 0.1) is 23.2 Å². The molecule has 0 bridgehead atoms. The van der Waals surface area contributed by atoms with Crippen LogP contribution >= 0.6 is 23.2 Å². The number of aromatic nitrogens is 2. The number of aryl methyl sites for hydroxylation is 1. The number of pyridine rings is 2. The Bertz CT molecular complexity index is 1230. The highest BCUT2D eigenvalue weighted by atomic mass is 35.5. The lowest BCUT2D eigenvalue weighted by Crippen LogP contribution is -2.14. The fourth-order valence-corrected chi connectivity index (χ4v) is 3.63. The highest BCUT2D eigenvalue weighted by Crippen LogP contribution is 2.38. The Morgan fingerprint density at radius 2 is 1.87 bits per heavy atom. The van der Waals surface area contributed by atoms with Crippen LogP contribution in [0, 0.1) is 6.92 Å². The average Bonchev–Trinajstić information content (AvgIpc) is 2.76. The SMILES string of the molecule is COc1cc(C(Nc2cc(Cl)c(Cl)cn2)c2ccc3cccnc3c2O)ccc1C. The molecule has 0 saturated carbocycles. The van der Waals surface area contributed by atoms with Crippen LogP contribution in [0.3, 0.4) is 0 Å². The average molecular weight is 440 g/mol. The number of phenolic OH excluding ortho intramolecular Hbond substituents is 1. The fraction of sp³-hybridized carbons (Fsp3) is 0.130. The molecule has 4 rings (SSSR count). The molecule has 0 aliphatic heterocycles. The Balaban J connectivity index is 1.87. The molecular weight excluding hydrogens is 421 g/mol. The zero-order chi connectivity index (χ0) is 21.3. The van der Waals surface area contributed by atoms with Gasteiger partial charge in [-0.25, -0.2) is 4.98 Å². The van der Waals surface area contributed by atoms with E-state index in [0.717, 1.165) is 22.3 Å². The predicted octanol–water partition coefficient (Wildman–Crippen LogP) is 6.16. The summed E-state index contributed by atoms with van der Waals surface area (Å²) in [6.45, 7) is 1.98. The van der Waals surface area contributed by atoms with Crippen molar-refractivity contribution < 1.29 is 9.84 Å². The minimum Gasteiger partial charge on any atom is -0.505 e. The maximum atomic E-state index is 11.0. The number of halogens is 2. The smallest absolute Gasteiger partial charge is 0.147 e. The molecule has 0 aliphatic carbocycles. The lowest BCUT2D eigenvalue weighted by Gasteiger charge is -2.23. The third-order valence-electron chi connectivity index (χ3n) is 4.96. The van der Waals surface area contributed by atoms with E-state index in [0.29, 0.717) is 26.9 Å². The van der Waals surface area contributed by atoms with Crippen LogP contribution in [0.2, 0.25) is 10.0 Å². The maximum Gasteiger partial charge on any atom is 0.147 e. The molecule has 1 atom stereocenters. The normalized spacial score (nSPS) is 12.0. The largest absolute Gasteiger partial charge is 0.505 e. The number of nitrogens with one attached hydrogen (secondary N) is 1. The van der Waals surface area contributed by atoms with Crippen LogP contribution in [0.5, 0.6) is 11.5 Å². The summed E-state index contributed by atoms with van der Waals surface area (Å²) in [4.78, 5) is 8.67. The number of phenols is 1. The zero-order valence-electron chi connectivity index (χ0n) is 16.4. The Kier molecular flexibility index (Phi) is 5.66. The van der Waals surface area contributed by atoms with E-state index in [1.807, 2.05) is 49.4 Å². The summed E-state index contributed by atoms with van der Waals surface area (Å²) in [7, 11) is 1.63. The van der Waals surface area contributed by atoms with Crippen LogP contribution < -0.4 is 10.1 Å². The number of fused-ring (bicyclic) bond motifs is 1. The minimum absolute atomic E-state index is 0.102. The van der Waals surface area contributed by atoms with Gasteiger partial charge in [-0.1, -0.05) is 53.5 Å². The molecule has 1 unspecified atom stereocenters. The van der Waals surface area contributed by atoms with Gasteiger partial charge in [0.2, 0.25) is 0 Å². The molecule has 2 N–H and O–H groups in total. The van der Waals surface area contributed by atoms with Crippen molar-refractivity contribution in [2.24, 2.45) is 0 Å². The van der Waals surface area contributed by atoms with Crippen molar-refractivity contribution in [3.05, 3.63) is 87.7 Å². The summed E-state index contributed by atoms with van der Waals surface area (Å²) < 4.78 is 5.50. The van der Waals surface area contributed by atoms with Gasteiger partial charge in [-0.15, -0.1) is 0 Å². The molecule has 5 nitrogen and oxygen atoms in total. The van der Waals surface area contributed by atoms with E-state index in [1.54, 1.807) is 19.4 Å². The topological polar surface area (TPSA) is 67.3 Å². The molecule has 152 valence electrons. The van der Waals surface area contributed by atoms with Gasteiger partial charge in [-0.3, -0.25) is 4.98 Å². The predicted molar refractivity (Wildman–Crippen MR) is 121 cm³/mol. The van der Waals surface area contributed by atoms with E-state index in [9.17, 15) is 5.11 Å². The summed E-state index contributed by atoms with van der Waals surface area (Å²) in [5.74, 6) is 1.37. The minimum atomic E-state index is -0.435. The van der Waals surface area contributed by atoms with Crippen molar-refractivity contribution in [2.75, 3.05) is 12.4 Å². The molecule has 0 fully saturated rings. The van der Waals surface area contributed by atoms with Gasteiger partial charge in [0.15, 0.2) is 0 Å². The summed E-state index contributed by atoms with van der Waals surface area (Å²) in [5.41, 5.74) is 3.08. The molecule has 2 heterocycles. The summed E-state index contributed by atoms with van der Waals surface area (Å²) >= 11 is 12.2. The summed E-state index contributed by atoms with van der Waals surface area (Å²) in [5, 5.41) is 16.0. The van der Waals surface area contributed by atoms with Crippen LogP contribution in [-0.2, 0) is 0 Å². The van der Waals surface area contributed by atoms with Gasteiger partial charge in [0.25, 0.3) is 0 Å². The summed E-state index contributed by atoms with van der Waals surface area (Å²) in [6, 6.07) is 14.7. The third-order valence-corrected chi connectivity index (χ3v) is 5.67. The van der Waals surface area contributed by atoms with E-state index in [2.05, 4.69) is 15.3 Å². The van der Waals surface area contributed by atoms with E-state index < -0.39 is 6.04 Å². The van der Waals surface area contributed by atoms with Gasteiger partial charge in [-0.2, -0.15) is 0 Å². The second-order valence-electron chi connectivity index (χ2n) is 6.87. The van der Waals surface area contributed by atoms with Crippen LogP contribution in [0.15, 0.2) is 60.9 Å². The lowest BCUT2D eigenvalue weighted by molar-refractivity contribution is 0.411. The maximum absolute atomic E-state index is 11.0. The van der Waals surface area contributed by atoms with E-state index in [-0.39, 0.29) is 5.75 Å². The lowest BCUT2D eigenvalue weighted by atomic mass is 9.95. The van der Waals surface area contributed by atoms with E-state index in [4.69, 9.17) is 27.9 Å². The molecule has 0 aliphatic rings. The van der Waals surface area contributed by atoms with Crippen molar-refractivity contribution >= 4 is 39.9 Å². The van der Waals surface area contributed by atoms with Crippen molar-refractivity contribution in [1.29, 1.82) is 0 Å². The van der Waals surface area contributed by atoms with Crippen molar-refractivity contribution in [3.63, 3.8) is 0 Å². The number of hydrogen-bond donors (Lipinski definition) is 2. The van der Waals surface area contributed by atoms with Gasteiger partial charge >= 0.3 is 0 Å². The molecule has 0 saturated heterocycles. The Hall–Kier alpha value is -3.02. The molecular formula is C23H19Cl2N3O2. The van der Waals surface area contributed by atoms with Crippen molar-refractivity contribution in [1.82, 2.24) is 9.97 Å². The highest BCUT2D eigenvalue weighted by molar-refractivity contribution is 6.42. The second kappa shape index (κ2) is 8.38. The number of methoxy groups -OCH3 is 1. The third kappa shape index (κ3) is 3.86. The highest BCUT2D eigenvalue weighted by Gasteiger charge is 2.21. The first-order valence-electron chi connectivity index (χ1n) is 9.26. The van der Waals surface area contributed by atoms with Crippen LogP contribution in [0.1, 0.15) is 22.7 Å². The first-order chi connectivity index (χ1) is 14.5. The summed E-state index contributed by atoms with van der Waals surface area (Å²) in [6.07, 6.45) is 3.14. The molecule has 7 heteroatoms. The number of hydrogen-bond acceptors (Lipinski definition) is 5. The molecule has 4 aromatic rings. The van der Waals surface area contributed by atoms with E-state index in [1.165, 1.54) is 6.20 Å². The van der Waals surface area contributed by atoms with Gasteiger partial charge in [0, 0.05) is 29.4 Å². The second-order valence-corrected chi connectivity index (χ2v) is 7.68. The Morgan fingerprint density at radius 3 is 2.63 bits per heavy atom. The van der Waals surface area contributed by atoms with Crippen LogP contribution in [0.4, 0.5) is 5.82 Å². The fourth-order valence-electron chi connectivity index (χ4n) is 3.38. The Morgan fingerprint density at radius 1 is 1.03 bits per heavy atom. The van der Waals surface area contributed by atoms with Gasteiger partial charge < -0.3 is 15.2 Å². The molecule has 0 spiro atoms. The van der Waals surface area contributed by atoms with Gasteiger partial charge in [0.1, 0.15) is 22.8 Å². The van der Waals surface area contributed by atoms with Crippen molar-refractivity contribution in [2.45, 2.75) is 13.0 Å². The van der Waals surface area contributed by atoms with Gasteiger partial charge in [-0.05, 0) is 30.2 Å². The number of benzene rings is 2. The molecule has 0 amide bonds. The molecule has 30 heavy (non-hydrogen) atoms. The molecule has 2 aromatic heterocycles. The molecule has 2 aromatic carbocycles. The number of nitrogens with zero attached hydrogens (tertiary/aromatic N) is 2.